The number of halogens is 3. The third-order valence-electron chi connectivity index (χ3n) is 1.98. The lowest BCUT2D eigenvalue weighted by Crippen LogP contribution is -2.45. The average Bonchev–Trinajstić information content (AvgIpc) is 2.67. The first-order chi connectivity index (χ1) is 7.07. The number of aromatic nitrogens is 2. The van der Waals surface area contributed by atoms with E-state index in [0.717, 1.165) is 12.5 Å². The number of nitrogens with zero attached hydrogens (tertiary/aromatic N) is 2. The molecule has 0 saturated heterocycles. The molecule has 0 saturated carbocycles. The van der Waals surface area contributed by atoms with Crippen LogP contribution in [0.1, 0.15) is 0 Å². The minimum absolute atomic E-state index is 0.208. The predicted octanol–water partition coefficient (Wildman–Crippen LogP) is 2.24. The summed E-state index contributed by atoms with van der Waals surface area (Å²) >= 11 is 0. The van der Waals surface area contributed by atoms with E-state index in [2.05, 4.69) is 0 Å². The summed E-state index contributed by atoms with van der Waals surface area (Å²) in [6, 6.07) is 8.83. The number of alkyl halides is 3. The highest BCUT2D eigenvalue weighted by Crippen LogP contribution is 2.14. The molecule has 5 heteroatoms. The van der Waals surface area contributed by atoms with E-state index >= 15 is 0 Å². The summed E-state index contributed by atoms with van der Waals surface area (Å²) in [6.07, 6.45) is -1.02. The Labute approximate surface area is 84.2 Å². The summed E-state index contributed by atoms with van der Waals surface area (Å²) in [5.74, 6) is 0. The zero-order valence-corrected chi connectivity index (χ0v) is 7.65. The molecule has 0 spiro atoms. The maximum absolute atomic E-state index is 12.3. The van der Waals surface area contributed by atoms with Gasteiger partial charge in [0.25, 0.3) is 6.33 Å². The van der Waals surface area contributed by atoms with Crippen molar-refractivity contribution >= 4 is 0 Å². The van der Waals surface area contributed by atoms with Gasteiger partial charge < -0.3 is 0 Å². The molecule has 0 amide bonds. The molecule has 15 heavy (non-hydrogen) atoms. The van der Waals surface area contributed by atoms with E-state index in [-0.39, 0.29) is 4.57 Å². The zero-order chi connectivity index (χ0) is 10.9. The van der Waals surface area contributed by atoms with Gasteiger partial charge in [0.1, 0.15) is 18.1 Å². The van der Waals surface area contributed by atoms with Crippen LogP contribution in [0.4, 0.5) is 13.2 Å². The van der Waals surface area contributed by atoms with Crippen LogP contribution in [0.5, 0.6) is 0 Å². The van der Waals surface area contributed by atoms with Gasteiger partial charge in [-0.2, -0.15) is 0 Å². The van der Waals surface area contributed by atoms with Gasteiger partial charge >= 0.3 is 6.30 Å². The molecule has 2 nitrogen and oxygen atoms in total. The van der Waals surface area contributed by atoms with E-state index in [9.17, 15) is 13.2 Å². The van der Waals surface area contributed by atoms with Crippen LogP contribution in [0.15, 0.2) is 49.1 Å². The second-order valence-corrected chi connectivity index (χ2v) is 3.03. The first kappa shape index (κ1) is 9.76. The second-order valence-electron chi connectivity index (χ2n) is 3.03. The normalized spacial score (nSPS) is 11.7. The molecular weight excluding hydrogens is 205 g/mol. The van der Waals surface area contributed by atoms with Gasteiger partial charge in [0.05, 0.1) is 0 Å². The Bertz CT molecular complexity index is 445. The van der Waals surface area contributed by atoms with E-state index in [1.807, 2.05) is 6.07 Å². The van der Waals surface area contributed by atoms with Gasteiger partial charge in [-0.3, -0.25) is 0 Å². The van der Waals surface area contributed by atoms with Crippen LogP contribution >= 0.6 is 0 Å². The van der Waals surface area contributed by atoms with E-state index < -0.39 is 6.30 Å². The summed E-state index contributed by atoms with van der Waals surface area (Å²) in [7, 11) is 0. The van der Waals surface area contributed by atoms with Crippen LogP contribution in [0, 0.1) is 0 Å². The quantitative estimate of drug-likeness (QED) is 0.642. The lowest BCUT2D eigenvalue weighted by Gasteiger charge is -1.98. The van der Waals surface area contributed by atoms with Gasteiger partial charge in [0.2, 0.25) is 0 Å². The van der Waals surface area contributed by atoms with Crippen molar-refractivity contribution in [3.8, 4) is 5.69 Å². The average molecular weight is 213 g/mol. The maximum atomic E-state index is 12.3. The van der Waals surface area contributed by atoms with Gasteiger partial charge in [0.15, 0.2) is 0 Å². The van der Waals surface area contributed by atoms with Crippen molar-refractivity contribution in [2.75, 3.05) is 0 Å². The minimum atomic E-state index is -4.36. The Morgan fingerprint density at radius 3 is 2.27 bits per heavy atom. The molecule has 0 radical (unpaired) electrons. The molecule has 1 aromatic heterocycles. The molecule has 0 atom stereocenters. The Balaban J connectivity index is 2.37. The Kier molecular flexibility index (Phi) is 2.22. The lowest BCUT2D eigenvalue weighted by molar-refractivity contribution is -0.854. The highest BCUT2D eigenvalue weighted by molar-refractivity contribution is 5.30. The van der Waals surface area contributed by atoms with Crippen molar-refractivity contribution in [2.24, 2.45) is 0 Å². The third-order valence-corrected chi connectivity index (χ3v) is 1.98. The van der Waals surface area contributed by atoms with Crippen LogP contribution in [-0.2, 0) is 6.30 Å². The van der Waals surface area contributed by atoms with Crippen LogP contribution in [-0.4, -0.2) is 4.57 Å². The molecule has 0 fully saturated rings. The van der Waals surface area contributed by atoms with Crippen molar-refractivity contribution in [1.29, 1.82) is 0 Å². The van der Waals surface area contributed by atoms with Crippen LogP contribution in [0.3, 0.4) is 0 Å². The van der Waals surface area contributed by atoms with Crippen molar-refractivity contribution in [2.45, 2.75) is 6.30 Å². The molecule has 78 valence electrons. The monoisotopic (exact) mass is 213 g/mol. The summed E-state index contributed by atoms with van der Waals surface area (Å²) in [5.41, 5.74) is 0.695. The topological polar surface area (TPSA) is 8.81 Å². The number of para-hydroxylation sites is 1. The summed E-state index contributed by atoms with van der Waals surface area (Å²) in [5, 5.41) is 0. The first-order valence-electron chi connectivity index (χ1n) is 4.29. The van der Waals surface area contributed by atoms with Crippen molar-refractivity contribution in [3.63, 3.8) is 0 Å². The van der Waals surface area contributed by atoms with Crippen molar-refractivity contribution in [1.82, 2.24) is 4.57 Å². The largest absolute Gasteiger partial charge is 0.567 e. The number of imidazole rings is 1. The van der Waals surface area contributed by atoms with Crippen LogP contribution in [0.25, 0.3) is 5.69 Å². The smallest absolute Gasteiger partial charge is 0.202 e. The van der Waals surface area contributed by atoms with Crippen LogP contribution in [0.2, 0.25) is 0 Å². The van der Waals surface area contributed by atoms with E-state index in [4.69, 9.17) is 0 Å². The molecule has 0 aliphatic heterocycles. The van der Waals surface area contributed by atoms with E-state index in [0.29, 0.717) is 5.69 Å². The van der Waals surface area contributed by atoms with Gasteiger partial charge in [-0.25, -0.2) is 4.57 Å². The molecule has 1 aromatic carbocycles. The molecule has 0 aliphatic carbocycles. The molecular formula is C10H8F3N2+. The highest BCUT2D eigenvalue weighted by atomic mass is 19.4. The summed E-state index contributed by atoms with van der Waals surface area (Å²) < 4.78 is 38.4. The van der Waals surface area contributed by atoms with E-state index in [1.165, 1.54) is 10.8 Å². The Morgan fingerprint density at radius 2 is 1.73 bits per heavy atom. The van der Waals surface area contributed by atoms with Gasteiger partial charge in [-0.05, 0) is 12.1 Å². The van der Waals surface area contributed by atoms with Gasteiger partial charge in [-0.1, -0.05) is 18.2 Å². The standard InChI is InChI=1S/C10H8F3N2/c11-10(12,13)15-7-6-14(8-15)9-4-2-1-3-5-9/h1-8H/q+1. The van der Waals surface area contributed by atoms with E-state index in [1.54, 1.807) is 24.3 Å². The van der Waals surface area contributed by atoms with Crippen molar-refractivity contribution < 1.29 is 17.7 Å². The number of hydrogen-bond acceptors (Lipinski definition) is 0. The van der Waals surface area contributed by atoms with Crippen LogP contribution < -0.4 is 4.57 Å². The number of rotatable bonds is 1. The number of hydrogen-bond donors (Lipinski definition) is 0. The molecule has 1 heterocycles. The minimum Gasteiger partial charge on any atom is -0.202 e. The second kappa shape index (κ2) is 3.42. The maximum Gasteiger partial charge on any atom is 0.567 e. The van der Waals surface area contributed by atoms with Gasteiger partial charge in [-0.15, -0.1) is 17.7 Å². The first-order valence-corrected chi connectivity index (χ1v) is 4.29. The highest BCUT2D eigenvalue weighted by Gasteiger charge is 2.37. The summed E-state index contributed by atoms with van der Waals surface area (Å²) in [6.45, 7) is 0. The fourth-order valence-electron chi connectivity index (χ4n) is 1.26. The van der Waals surface area contributed by atoms with Gasteiger partial charge in [0, 0.05) is 0 Å². The number of benzene rings is 1. The fraction of sp³-hybridized carbons (Fsp3) is 0.100. The molecule has 0 aliphatic rings. The van der Waals surface area contributed by atoms with Crippen molar-refractivity contribution in [3.05, 3.63) is 49.1 Å². The Morgan fingerprint density at radius 1 is 1.07 bits per heavy atom. The molecule has 2 rings (SSSR count). The summed E-state index contributed by atoms with van der Waals surface area (Å²) in [4.78, 5) is 0. The zero-order valence-electron chi connectivity index (χ0n) is 7.65. The lowest BCUT2D eigenvalue weighted by atomic mass is 10.3. The predicted molar refractivity (Wildman–Crippen MR) is 47.3 cm³/mol. The molecule has 0 N–H and O–H groups in total. The SMILES string of the molecule is FC(F)(F)[n+]1ccn(-c2ccccc2)c1. The molecule has 2 aromatic rings. The third kappa shape index (κ3) is 2.01. The molecule has 0 unspecified atom stereocenters. The fourth-order valence-corrected chi connectivity index (χ4v) is 1.26. The Hall–Kier alpha value is -1.78. The molecule has 0 bridgehead atoms.